The van der Waals surface area contributed by atoms with E-state index in [1.54, 1.807) is 19.9 Å². The van der Waals surface area contributed by atoms with Gasteiger partial charge in [0, 0.05) is 10.8 Å². The van der Waals surface area contributed by atoms with Crippen molar-refractivity contribution in [2.45, 2.75) is 50.2 Å². The van der Waals surface area contributed by atoms with Gasteiger partial charge in [0.1, 0.15) is 4.75 Å². The number of carboxylic acids is 1. The summed E-state index contributed by atoms with van der Waals surface area (Å²) in [5.74, 6) is -0.966. The molecular formula is C16H23NO3S. The van der Waals surface area contributed by atoms with Crippen LogP contribution in [0.1, 0.15) is 40.5 Å². The SMILES string of the molecule is CCC[C@H](C)C(=O)Nc1ccccc1SC(C)(C)C(=O)O. The molecule has 2 N–H and O–H groups in total. The number of rotatable bonds is 7. The lowest BCUT2D eigenvalue weighted by atomic mass is 10.1. The van der Waals surface area contributed by atoms with Gasteiger partial charge in [0.05, 0.1) is 5.69 Å². The summed E-state index contributed by atoms with van der Waals surface area (Å²) in [6.07, 6.45) is 1.79. The van der Waals surface area contributed by atoms with E-state index >= 15 is 0 Å². The molecule has 5 heteroatoms. The summed E-state index contributed by atoms with van der Waals surface area (Å²) in [4.78, 5) is 24.1. The number of aliphatic carboxylic acids is 1. The number of benzene rings is 1. The lowest BCUT2D eigenvalue weighted by Gasteiger charge is -2.21. The second-order valence-corrected chi connectivity index (χ2v) is 7.26. The standard InChI is InChI=1S/C16H23NO3S/c1-5-8-11(2)14(18)17-12-9-6-7-10-13(12)21-16(3,4)15(19)20/h6-7,9-11H,5,8H2,1-4H3,(H,17,18)(H,19,20)/t11-/m0/s1. The topological polar surface area (TPSA) is 66.4 Å². The molecule has 1 aromatic rings. The molecule has 0 heterocycles. The Bertz CT molecular complexity index is 514. The lowest BCUT2D eigenvalue weighted by molar-refractivity contribution is -0.138. The molecule has 4 nitrogen and oxygen atoms in total. The van der Waals surface area contributed by atoms with Gasteiger partial charge in [0.15, 0.2) is 0 Å². The third-order valence-corrected chi connectivity index (χ3v) is 4.46. The quantitative estimate of drug-likeness (QED) is 0.747. The van der Waals surface area contributed by atoms with Crippen molar-refractivity contribution in [1.29, 1.82) is 0 Å². The number of amides is 1. The zero-order valence-electron chi connectivity index (χ0n) is 13.0. The first-order chi connectivity index (χ1) is 9.77. The van der Waals surface area contributed by atoms with E-state index in [4.69, 9.17) is 0 Å². The van der Waals surface area contributed by atoms with Gasteiger partial charge in [-0.2, -0.15) is 0 Å². The van der Waals surface area contributed by atoms with Crippen molar-refractivity contribution >= 4 is 29.3 Å². The molecule has 0 unspecified atom stereocenters. The number of hydrogen-bond acceptors (Lipinski definition) is 3. The molecule has 0 aliphatic carbocycles. The minimum atomic E-state index is -0.949. The van der Waals surface area contributed by atoms with Crippen LogP contribution in [0.2, 0.25) is 0 Å². The Morgan fingerprint density at radius 2 is 1.95 bits per heavy atom. The minimum Gasteiger partial charge on any atom is -0.480 e. The van der Waals surface area contributed by atoms with Crippen LogP contribution in [0.5, 0.6) is 0 Å². The van der Waals surface area contributed by atoms with Gasteiger partial charge in [-0.3, -0.25) is 9.59 Å². The summed E-state index contributed by atoms with van der Waals surface area (Å²) in [5, 5.41) is 12.1. The fraction of sp³-hybridized carbons (Fsp3) is 0.500. The highest BCUT2D eigenvalue weighted by Gasteiger charge is 2.29. The molecular weight excluding hydrogens is 286 g/mol. The van der Waals surface area contributed by atoms with Gasteiger partial charge in [-0.15, -0.1) is 11.8 Å². The Kier molecular flexibility index (Phi) is 6.27. The molecule has 0 saturated carbocycles. The smallest absolute Gasteiger partial charge is 0.319 e. The second kappa shape index (κ2) is 7.50. The molecule has 0 aromatic heterocycles. The van der Waals surface area contributed by atoms with E-state index < -0.39 is 10.7 Å². The largest absolute Gasteiger partial charge is 0.480 e. The Labute approximate surface area is 130 Å². The Morgan fingerprint density at radius 3 is 2.52 bits per heavy atom. The molecule has 1 rings (SSSR count). The molecule has 0 saturated heterocycles. The van der Waals surface area contributed by atoms with Crippen LogP contribution in [0.25, 0.3) is 0 Å². The number of carbonyl (C=O) groups is 2. The van der Waals surface area contributed by atoms with E-state index in [9.17, 15) is 14.7 Å². The van der Waals surface area contributed by atoms with Gasteiger partial charge in [0.2, 0.25) is 5.91 Å². The minimum absolute atomic E-state index is 0.0296. The third-order valence-electron chi connectivity index (χ3n) is 3.19. The molecule has 21 heavy (non-hydrogen) atoms. The van der Waals surface area contributed by atoms with Crippen molar-refractivity contribution in [2.24, 2.45) is 5.92 Å². The summed E-state index contributed by atoms with van der Waals surface area (Å²) >= 11 is 1.23. The van der Waals surface area contributed by atoms with Crippen LogP contribution in [0.4, 0.5) is 5.69 Å². The summed E-state index contributed by atoms with van der Waals surface area (Å²) in [5.41, 5.74) is 0.671. The van der Waals surface area contributed by atoms with E-state index in [0.29, 0.717) is 5.69 Å². The number of anilines is 1. The number of para-hydroxylation sites is 1. The first kappa shape index (κ1) is 17.6. The normalized spacial score (nSPS) is 12.8. The first-order valence-electron chi connectivity index (χ1n) is 7.10. The molecule has 0 radical (unpaired) electrons. The highest BCUT2D eigenvalue weighted by Crippen LogP contribution is 2.37. The molecule has 0 spiro atoms. The number of hydrogen-bond donors (Lipinski definition) is 2. The van der Waals surface area contributed by atoms with E-state index in [2.05, 4.69) is 5.32 Å². The number of nitrogens with one attached hydrogen (secondary N) is 1. The number of carboxylic acid groups (broad SMARTS) is 1. The second-order valence-electron chi connectivity index (χ2n) is 5.59. The Balaban J connectivity index is 2.90. The lowest BCUT2D eigenvalue weighted by Crippen LogP contribution is -2.27. The molecule has 0 aliphatic rings. The highest BCUT2D eigenvalue weighted by molar-refractivity contribution is 8.01. The zero-order valence-corrected chi connectivity index (χ0v) is 13.8. The molecule has 1 aromatic carbocycles. The molecule has 0 fully saturated rings. The van der Waals surface area contributed by atoms with Gasteiger partial charge < -0.3 is 10.4 Å². The van der Waals surface area contributed by atoms with E-state index in [1.807, 2.05) is 32.0 Å². The zero-order chi connectivity index (χ0) is 16.0. The fourth-order valence-corrected chi connectivity index (χ4v) is 2.81. The van der Waals surface area contributed by atoms with E-state index in [-0.39, 0.29) is 11.8 Å². The molecule has 1 amide bonds. The summed E-state index contributed by atoms with van der Waals surface area (Å²) in [6, 6.07) is 7.30. The first-order valence-corrected chi connectivity index (χ1v) is 7.92. The average Bonchev–Trinajstić information content (AvgIpc) is 2.40. The third kappa shape index (κ3) is 5.08. The van der Waals surface area contributed by atoms with Crippen LogP contribution in [-0.4, -0.2) is 21.7 Å². The van der Waals surface area contributed by atoms with Crippen LogP contribution < -0.4 is 5.32 Å². The van der Waals surface area contributed by atoms with Crippen molar-refractivity contribution in [2.75, 3.05) is 5.32 Å². The van der Waals surface area contributed by atoms with E-state index in [1.165, 1.54) is 11.8 Å². The van der Waals surface area contributed by atoms with Gasteiger partial charge in [-0.25, -0.2) is 0 Å². The molecule has 0 aliphatic heterocycles. The van der Waals surface area contributed by atoms with Crippen molar-refractivity contribution in [3.05, 3.63) is 24.3 Å². The van der Waals surface area contributed by atoms with Crippen LogP contribution >= 0.6 is 11.8 Å². The van der Waals surface area contributed by atoms with Crippen LogP contribution in [0.3, 0.4) is 0 Å². The number of thioether (sulfide) groups is 1. The maximum Gasteiger partial charge on any atom is 0.319 e. The highest BCUT2D eigenvalue weighted by atomic mass is 32.2. The van der Waals surface area contributed by atoms with Crippen LogP contribution in [-0.2, 0) is 9.59 Å². The van der Waals surface area contributed by atoms with Crippen molar-refractivity contribution in [3.63, 3.8) is 0 Å². The summed E-state index contributed by atoms with van der Waals surface area (Å²) < 4.78 is -0.949. The van der Waals surface area contributed by atoms with Gasteiger partial charge in [-0.05, 0) is 32.4 Å². The summed E-state index contributed by atoms with van der Waals surface area (Å²) in [6.45, 7) is 7.25. The Hall–Kier alpha value is -1.49. The van der Waals surface area contributed by atoms with Crippen molar-refractivity contribution in [3.8, 4) is 0 Å². The molecule has 0 bridgehead atoms. The molecule has 116 valence electrons. The van der Waals surface area contributed by atoms with Crippen LogP contribution in [0.15, 0.2) is 29.2 Å². The van der Waals surface area contributed by atoms with Crippen molar-refractivity contribution < 1.29 is 14.7 Å². The van der Waals surface area contributed by atoms with Gasteiger partial charge in [-0.1, -0.05) is 32.4 Å². The number of carbonyl (C=O) groups excluding carboxylic acids is 1. The summed E-state index contributed by atoms with van der Waals surface area (Å²) in [7, 11) is 0. The maximum absolute atomic E-state index is 12.1. The fourth-order valence-electron chi connectivity index (χ4n) is 1.80. The predicted molar refractivity (Wildman–Crippen MR) is 86.7 cm³/mol. The predicted octanol–water partition coefficient (Wildman–Crippen LogP) is 4.02. The van der Waals surface area contributed by atoms with E-state index in [0.717, 1.165) is 17.7 Å². The maximum atomic E-state index is 12.1. The van der Waals surface area contributed by atoms with Crippen molar-refractivity contribution in [1.82, 2.24) is 0 Å². The van der Waals surface area contributed by atoms with Gasteiger partial charge in [0.25, 0.3) is 0 Å². The van der Waals surface area contributed by atoms with Crippen LogP contribution in [0, 0.1) is 5.92 Å². The Morgan fingerprint density at radius 1 is 1.33 bits per heavy atom. The van der Waals surface area contributed by atoms with Gasteiger partial charge >= 0.3 is 5.97 Å². The monoisotopic (exact) mass is 309 g/mol. The molecule has 1 atom stereocenters. The average molecular weight is 309 g/mol.